The van der Waals surface area contributed by atoms with Gasteiger partial charge in [0.15, 0.2) is 0 Å². The second kappa shape index (κ2) is 5.53. The Morgan fingerprint density at radius 3 is 2.00 bits per heavy atom. The van der Waals surface area contributed by atoms with Gasteiger partial charge < -0.3 is 15.7 Å². The monoisotopic (exact) mass is 320 g/mol. The van der Waals surface area contributed by atoms with Crippen molar-refractivity contribution in [1.29, 1.82) is 0 Å². The average molecular weight is 320 g/mol. The van der Waals surface area contributed by atoms with Crippen molar-refractivity contribution in [3.8, 4) is 5.75 Å². The maximum atomic E-state index is 12.2. The summed E-state index contributed by atoms with van der Waals surface area (Å²) in [6, 6.07) is 11.1. The molecule has 0 aromatic heterocycles. The van der Waals surface area contributed by atoms with E-state index in [0.717, 1.165) is 5.56 Å². The van der Waals surface area contributed by atoms with Crippen molar-refractivity contribution >= 4 is 21.5 Å². The fourth-order valence-corrected chi connectivity index (χ4v) is 2.86. The van der Waals surface area contributed by atoms with Crippen molar-refractivity contribution < 1.29 is 12.6 Å². The molecule has 2 aromatic carbocycles. The van der Waals surface area contributed by atoms with Crippen molar-refractivity contribution in [3.63, 3.8) is 0 Å². The summed E-state index contributed by atoms with van der Waals surface area (Å²) < 4.78 is 29.6. The van der Waals surface area contributed by atoms with E-state index in [2.05, 4.69) is 20.8 Å². The van der Waals surface area contributed by atoms with E-state index in [0.29, 0.717) is 5.69 Å². The first-order valence-corrected chi connectivity index (χ1v) is 8.20. The number of benzene rings is 2. The molecule has 2 rings (SSSR count). The molecule has 0 bridgehead atoms. The first kappa shape index (κ1) is 16.2. The number of rotatable bonds is 3. The van der Waals surface area contributed by atoms with Crippen LogP contribution in [0.4, 0.5) is 11.4 Å². The molecule has 0 spiro atoms. The van der Waals surface area contributed by atoms with Gasteiger partial charge in [-0.2, -0.15) is 8.42 Å². The van der Waals surface area contributed by atoms with Crippen molar-refractivity contribution in [3.05, 3.63) is 48.0 Å². The maximum Gasteiger partial charge on any atom is 0.339 e. The smallest absolute Gasteiger partial charge is 0.339 e. The SMILES string of the molecule is CC(C)(C)c1ccc(OS(=O)(=O)c2ccc(N)c(N)c2)cc1. The molecule has 22 heavy (non-hydrogen) atoms. The van der Waals surface area contributed by atoms with Gasteiger partial charge in [-0.15, -0.1) is 0 Å². The number of hydrogen-bond acceptors (Lipinski definition) is 5. The van der Waals surface area contributed by atoms with Gasteiger partial charge in [-0.1, -0.05) is 32.9 Å². The summed E-state index contributed by atoms with van der Waals surface area (Å²) in [5.41, 5.74) is 12.8. The van der Waals surface area contributed by atoms with E-state index in [-0.39, 0.29) is 21.7 Å². The van der Waals surface area contributed by atoms with Gasteiger partial charge in [-0.25, -0.2) is 0 Å². The van der Waals surface area contributed by atoms with Crippen LogP contribution in [0.2, 0.25) is 0 Å². The third kappa shape index (κ3) is 3.51. The first-order valence-electron chi connectivity index (χ1n) is 6.79. The van der Waals surface area contributed by atoms with E-state index in [4.69, 9.17) is 15.7 Å². The van der Waals surface area contributed by atoms with E-state index in [9.17, 15) is 8.42 Å². The van der Waals surface area contributed by atoms with Gasteiger partial charge in [-0.05, 0) is 41.3 Å². The van der Waals surface area contributed by atoms with Crippen LogP contribution in [-0.2, 0) is 15.5 Å². The molecule has 2 aromatic rings. The molecule has 0 fully saturated rings. The fourth-order valence-electron chi connectivity index (χ4n) is 1.89. The highest BCUT2D eigenvalue weighted by molar-refractivity contribution is 7.87. The van der Waals surface area contributed by atoms with Gasteiger partial charge >= 0.3 is 10.1 Å². The summed E-state index contributed by atoms with van der Waals surface area (Å²) in [6.45, 7) is 6.24. The lowest BCUT2D eigenvalue weighted by atomic mass is 9.87. The minimum absolute atomic E-state index is 0.0111. The van der Waals surface area contributed by atoms with E-state index in [1.54, 1.807) is 12.1 Å². The van der Waals surface area contributed by atoms with E-state index in [1.807, 2.05) is 12.1 Å². The van der Waals surface area contributed by atoms with Gasteiger partial charge in [-0.3, -0.25) is 0 Å². The van der Waals surface area contributed by atoms with E-state index >= 15 is 0 Å². The molecular formula is C16H20N2O3S. The quantitative estimate of drug-likeness (QED) is 0.669. The van der Waals surface area contributed by atoms with E-state index in [1.165, 1.54) is 18.2 Å². The third-order valence-electron chi connectivity index (χ3n) is 3.27. The molecule has 0 unspecified atom stereocenters. The van der Waals surface area contributed by atoms with Crippen molar-refractivity contribution in [1.82, 2.24) is 0 Å². The van der Waals surface area contributed by atoms with Crippen LogP contribution in [0.15, 0.2) is 47.4 Å². The largest absolute Gasteiger partial charge is 0.397 e. The molecule has 5 nitrogen and oxygen atoms in total. The molecular weight excluding hydrogens is 300 g/mol. The average Bonchev–Trinajstić information content (AvgIpc) is 2.41. The minimum Gasteiger partial charge on any atom is -0.397 e. The Morgan fingerprint density at radius 2 is 1.50 bits per heavy atom. The first-order chi connectivity index (χ1) is 10.1. The summed E-state index contributed by atoms with van der Waals surface area (Å²) in [5.74, 6) is 0.253. The van der Waals surface area contributed by atoms with Crippen LogP contribution in [0.25, 0.3) is 0 Å². The van der Waals surface area contributed by atoms with Crippen LogP contribution in [0.5, 0.6) is 5.75 Å². The summed E-state index contributed by atoms with van der Waals surface area (Å²) in [5, 5.41) is 0. The Kier molecular flexibility index (Phi) is 4.06. The van der Waals surface area contributed by atoms with Crippen LogP contribution >= 0.6 is 0 Å². The second-order valence-electron chi connectivity index (χ2n) is 6.10. The minimum atomic E-state index is -3.94. The normalized spacial score (nSPS) is 12.1. The predicted molar refractivity (Wildman–Crippen MR) is 88.2 cm³/mol. The molecule has 0 amide bonds. The van der Waals surface area contributed by atoms with E-state index < -0.39 is 10.1 Å². The molecule has 0 aliphatic carbocycles. The second-order valence-corrected chi connectivity index (χ2v) is 7.65. The van der Waals surface area contributed by atoms with Gasteiger partial charge in [0.2, 0.25) is 0 Å². The van der Waals surface area contributed by atoms with Crippen LogP contribution in [-0.4, -0.2) is 8.42 Å². The van der Waals surface area contributed by atoms with Gasteiger partial charge in [0.1, 0.15) is 10.6 Å². The number of hydrogen-bond donors (Lipinski definition) is 2. The number of nitrogens with two attached hydrogens (primary N) is 2. The molecule has 0 atom stereocenters. The molecule has 118 valence electrons. The summed E-state index contributed by atoms with van der Waals surface area (Å²) in [4.78, 5) is -0.0286. The van der Waals surface area contributed by atoms with Crippen molar-refractivity contribution in [2.75, 3.05) is 11.5 Å². The molecule has 0 saturated heterocycles. The summed E-state index contributed by atoms with van der Waals surface area (Å²) in [6.07, 6.45) is 0. The summed E-state index contributed by atoms with van der Waals surface area (Å²) >= 11 is 0. The van der Waals surface area contributed by atoms with Crippen molar-refractivity contribution in [2.24, 2.45) is 0 Å². The zero-order valence-electron chi connectivity index (χ0n) is 12.8. The van der Waals surface area contributed by atoms with Gasteiger partial charge in [0.05, 0.1) is 11.4 Å². The summed E-state index contributed by atoms with van der Waals surface area (Å²) in [7, 11) is -3.94. The highest BCUT2D eigenvalue weighted by atomic mass is 32.2. The van der Waals surface area contributed by atoms with Crippen LogP contribution in [0.1, 0.15) is 26.3 Å². The zero-order chi connectivity index (χ0) is 16.5. The Bertz CT molecular complexity index is 776. The Labute approximate surface area is 131 Å². The molecule has 0 aliphatic rings. The highest BCUT2D eigenvalue weighted by Gasteiger charge is 2.19. The molecule has 0 radical (unpaired) electrons. The lowest BCUT2D eigenvalue weighted by Crippen LogP contribution is -2.12. The Morgan fingerprint density at radius 1 is 0.909 bits per heavy atom. The maximum absolute atomic E-state index is 12.2. The van der Waals surface area contributed by atoms with Gasteiger partial charge in [0, 0.05) is 0 Å². The van der Waals surface area contributed by atoms with Gasteiger partial charge in [0.25, 0.3) is 0 Å². The van der Waals surface area contributed by atoms with Crippen LogP contribution in [0.3, 0.4) is 0 Å². The molecule has 0 saturated carbocycles. The lowest BCUT2D eigenvalue weighted by Gasteiger charge is -2.19. The molecule has 6 heteroatoms. The third-order valence-corrected chi connectivity index (χ3v) is 4.52. The predicted octanol–water partition coefficient (Wildman–Crippen LogP) is 2.92. The van der Waals surface area contributed by atoms with Crippen molar-refractivity contribution in [2.45, 2.75) is 31.1 Å². The molecule has 0 heterocycles. The standard InChI is InChI=1S/C16H20N2O3S/c1-16(2,3)11-4-6-12(7-5-11)21-22(19,20)13-8-9-14(17)15(18)10-13/h4-10H,17-18H2,1-3H3. The highest BCUT2D eigenvalue weighted by Crippen LogP contribution is 2.27. The lowest BCUT2D eigenvalue weighted by molar-refractivity contribution is 0.485. The molecule has 0 aliphatic heterocycles. The molecule has 4 N–H and O–H groups in total. The van der Waals surface area contributed by atoms with Crippen LogP contribution < -0.4 is 15.7 Å². The van der Waals surface area contributed by atoms with Crippen LogP contribution in [0, 0.1) is 0 Å². The number of anilines is 2. The number of nitrogen functional groups attached to an aromatic ring is 2. The Balaban J connectivity index is 2.27. The fraction of sp³-hybridized carbons (Fsp3) is 0.250. The zero-order valence-corrected chi connectivity index (χ0v) is 13.6. The topological polar surface area (TPSA) is 95.4 Å². The Hall–Kier alpha value is -2.21.